The number of amides is 1. The summed E-state index contributed by atoms with van der Waals surface area (Å²) in [4.78, 5) is 12.5. The van der Waals surface area contributed by atoms with Crippen molar-refractivity contribution >= 4 is 44.8 Å². The largest absolute Gasteiger partial charge is 0.354 e. The van der Waals surface area contributed by atoms with Crippen LogP contribution in [0.3, 0.4) is 0 Å². The summed E-state index contributed by atoms with van der Waals surface area (Å²) in [5, 5.41) is 3.22. The highest BCUT2D eigenvalue weighted by Crippen LogP contribution is 2.29. The summed E-state index contributed by atoms with van der Waals surface area (Å²) in [5.74, 6) is -0.732. The Morgan fingerprint density at radius 1 is 1.14 bits per heavy atom. The summed E-state index contributed by atoms with van der Waals surface area (Å²) in [7, 11) is -3.73. The third-order valence-corrected chi connectivity index (χ3v) is 6.08. The highest BCUT2D eigenvalue weighted by atomic mass is 35.5. The SMILES string of the molecule is C[C@@H](C(=O)NCCCc1ccc(F)cc1)N(c1ccc(Cl)c(Cl)c1)S(C)(=O)=O. The van der Waals surface area contributed by atoms with E-state index in [-0.39, 0.29) is 21.5 Å². The molecule has 5 nitrogen and oxygen atoms in total. The number of carbonyl (C=O) groups is 1. The monoisotopic (exact) mass is 446 g/mol. The molecule has 2 aromatic carbocycles. The average molecular weight is 447 g/mol. The molecule has 9 heteroatoms. The second-order valence-electron chi connectivity index (χ2n) is 6.35. The van der Waals surface area contributed by atoms with E-state index < -0.39 is 22.0 Å². The molecule has 0 bridgehead atoms. The first-order chi connectivity index (χ1) is 13.1. The predicted molar refractivity (Wildman–Crippen MR) is 111 cm³/mol. The molecule has 1 atom stereocenters. The van der Waals surface area contributed by atoms with Gasteiger partial charge in [0.15, 0.2) is 0 Å². The van der Waals surface area contributed by atoms with Gasteiger partial charge in [0.25, 0.3) is 0 Å². The zero-order chi connectivity index (χ0) is 20.9. The zero-order valence-electron chi connectivity index (χ0n) is 15.5. The maximum absolute atomic E-state index is 12.9. The third kappa shape index (κ3) is 6.09. The van der Waals surface area contributed by atoms with Gasteiger partial charge in [-0.2, -0.15) is 0 Å². The predicted octanol–water partition coefficient (Wildman–Crippen LogP) is 4.04. The molecule has 0 saturated heterocycles. The van der Waals surface area contributed by atoms with Crippen LogP contribution in [0.5, 0.6) is 0 Å². The van der Waals surface area contributed by atoms with Crippen LogP contribution in [0.2, 0.25) is 10.0 Å². The van der Waals surface area contributed by atoms with Crippen LogP contribution in [0.15, 0.2) is 42.5 Å². The number of benzene rings is 2. The molecule has 0 aliphatic heterocycles. The minimum absolute atomic E-state index is 0.194. The molecule has 152 valence electrons. The molecule has 0 saturated carbocycles. The molecule has 1 amide bonds. The molecule has 2 aromatic rings. The molecule has 2 rings (SSSR count). The van der Waals surface area contributed by atoms with E-state index in [1.807, 2.05) is 0 Å². The molecule has 0 heterocycles. The molecule has 0 fully saturated rings. The third-order valence-electron chi connectivity index (χ3n) is 4.10. The number of hydrogen-bond acceptors (Lipinski definition) is 3. The summed E-state index contributed by atoms with van der Waals surface area (Å²) in [5.41, 5.74) is 1.21. The lowest BCUT2D eigenvalue weighted by molar-refractivity contribution is -0.121. The first-order valence-electron chi connectivity index (χ1n) is 8.56. The zero-order valence-corrected chi connectivity index (χ0v) is 17.8. The molecule has 0 radical (unpaired) electrons. The van der Waals surface area contributed by atoms with E-state index in [1.54, 1.807) is 12.1 Å². The van der Waals surface area contributed by atoms with E-state index >= 15 is 0 Å². The summed E-state index contributed by atoms with van der Waals surface area (Å²) in [6.45, 7) is 1.86. The lowest BCUT2D eigenvalue weighted by Crippen LogP contribution is -2.48. The van der Waals surface area contributed by atoms with Crippen molar-refractivity contribution in [1.82, 2.24) is 5.32 Å². The minimum atomic E-state index is -3.73. The second kappa shape index (κ2) is 9.58. The molecule has 0 aromatic heterocycles. The Labute approximate surface area is 174 Å². The Bertz CT molecular complexity index is 937. The maximum Gasteiger partial charge on any atom is 0.243 e. The van der Waals surface area contributed by atoms with E-state index in [0.717, 1.165) is 16.1 Å². The lowest BCUT2D eigenvalue weighted by atomic mass is 10.1. The van der Waals surface area contributed by atoms with E-state index in [0.29, 0.717) is 19.4 Å². The van der Waals surface area contributed by atoms with Gasteiger partial charge in [-0.15, -0.1) is 0 Å². The summed E-state index contributed by atoms with van der Waals surface area (Å²) < 4.78 is 38.4. The molecule has 28 heavy (non-hydrogen) atoms. The Morgan fingerprint density at radius 3 is 2.36 bits per heavy atom. The van der Waals surface area contributed by atoms with Crippen molar-refractivity contribution in [2.24, 2.45) is 0 Å². The van der Waals surface area contributed by atoms with Gasteiger partial charge in [0.2, 0.25) is 15.9 Å². The lowest BCUT2D eigenvalue weighted by Gasteiger charge is -2.28. The Kier molecular flexibility index (Phi) is 7.69. The molecule has 1 N–H and O–H groups in total. The number of hydrogen-bond donors (Lipinski definition) is 1. The fourth-order valence-corrected chi connectivity index (χ4v) is 4.19. The number of halogens is 3. The van der Waals surface area contributed by atoms with Crippen molar-refractivity contribution in [1.29, 1.82) is 0 Å². The molecular weight excluding hydrogens is 426 g/mol. The van der Waals surface area contributed by atoms with Gasteiger partial charge in [0, 0.05) is 6.54 Å². The fraction of sp³-hybridized carbons (Fsp3) is 0.316. The number of anilines is 1. The van der Waals surface area contributed by atoms with Crippen LogP contribution in [-0.4, -0.2) is 33.2 Å². The molecule has 0 unspecified atom stereocenters. The first-order valence-corrected chi connectivity index (χ1v) is 11.2. The van der Waals surface area contributed by atoms with Crippen LogP contribution >= 0.6 is 23.2 Å². The van der Waals surface area contributed by atoms with Crippen molar-refractivity contribution in [3.63, 3.8) is 0 Å². The van der Waals surface area contributed by atoms with E-state index in [9.17, 15) is 17.6 Å². The maximum atomic E-state index is 12.9. The van der Waals surface area contributed by atoms with Gasteiger partial charge in [-0.1, -0.05) is 35.3 Å². The number of sulfonamides is 1. The molecule has 0 aliphatic carbocycles. The van der Waals surface area contributed by atoms with Gasteiger partial charge in [-0.05, 0) is 55.7 Å². The van der Waals surface area contributed by atoms with Gasteiger partial charge in [0.1, 0.15) is 11.9 Å². The van der Waals surface area contributed by atoms with Crippen LogP contribution in [-0.2, 0) is 21.2 Å². The van der Waals surface area contributed by atoms with Crippen molar-refractivity contribution in [3.8, 4) is 0 Å². The summed E-state index contributed by atoms with van der Waals surface area (Å²) in [6.07, 6.45) is 2.32. The highest BCUT2D eigenvalue weighted by Gasteiger charge is 2.29. The van der Waals surface area contributed by atoms with Crippen LogP contribution in [0.1, 0.15) is 18.9 Å². The normalized spacial score (nSPS) is 12.5. The van der Waals surface area contributed by atoms with Crippen molar-refractivity contribution < 1.29 is 17.6 Å². The fourth-order valence-electron chi connectivity index (χ4n) is 2.73. The van der Waals surface area contributed by atoms with Gasteiger partial charge >= 0.3 is 0 Å². The van der Waals surface area contributed by atoms with Gasteiger partial charge in [-0.3, -0.25) is 9.10 Å². The number of aryl methyl sites for hydroxylation is 1. The topological polar surface area (TPSA) is 66.5 Å². The number of carbonyl (C=O) groups excluding carboxylic acids is 1. The van der Waals surface area contributed by atoms with E-state index in [4.69, 9.17) is 23.2 Å². The Balaban J connectivity index is 2.01. The highest BCUT2D eigenvalue weighted by molar-refractivity contribution is 7.92. The van der Waals surface area contributed by atoms with Crippen LogP contribution in [0.25, 0.3) is 0 Å². The standard InChI is InChI=1S/C19H21Cl2FN2O3S/c1-13(19(25)23-11-3-4-14-5-7-15(22)8-6-14)24(28(2,26)27)16-9-10-17(20)18(21)12-16/h5-10,12-13H,3-4,11H2,1-2H3,(H,23,25)/t13-/m0/s1. The summed E-state index contributed by atoms with van der Waals surface area (Å²) >= 11 is 11.9. The first kappa shape index (κ1) is 22.5. The summed E-state index contributed by atoms with van der Waals surface area (Å²) in [6, 6.07) is 9.55. The minimum Gasteiger partial charge on any atom is -0.354 e. The second-order valence-corrected chi connectivity index (χ2v) is 9.03. The molecule has 0 spiro atoms. The molecule has 0 aliphatic rings. The Morgan fingerprint density at radius 2 is 1.79 bits per heavy atom. The van der Waals surface area contributed by atoms with Crippen molar-refractivity contribution in [3.05, 3.63) is 63.9 Å². The number of rotatable bonds is 8. The van der Waals surface area contributed by atoms with Gasteiger partial charge in [0.05, 0.1) is 22.0 Å². The van der Waals surface area contributed by atoms with Crippen molar-refractivity contribution in [2.75, 3.05) is 17.1 Å². The van der Waals surface area contributed by atoms with Gasteiger partial charge in [-0.25, -0.2) is 12.8 Å². The van der Waals surface area contributed by atoms with Crippen molar-refractivity contribution in [2.45, 2.75) is 25.8 Å². The van der Waals surface area contributed by atoms with Crippen LogP contribution in [0.4, 0.5) is 10.1 Å². The molecular formula is C19H21Cl2FN2O3S. The van der Waals surface area contributed by atoms with E-state index in [1.165, 1.54) is 37.3 Å². The number of nitrogens with one attached hydrogen (secondary N) is 1. The van der Waals surface area contributed by atoms with Gasteiger partial charge < -0.3 is 5.32 Å². The number of nitrogens with zero attached hydrogens (tertiary/aromatic N) is 1. The average Bonchev–Trinajstić information content (AvgIpc) is 2.62. The van der Waals surface area contributed by atoms with Crippen LogP contribution < -0.4 is 9.62 Å². The smallest absolute Gasteiger partial charge is 0.243 e. The van der Waals surface area contributed by atoms with E-state index in [2.05, 4.69) is 5.32 Å². The quantitative estimate of drug-likeness (QED) is 0.622. The van der Waals surface area contributed by atoms with Crippen LogP contribution in [0, 0.1) is 5.82 Å². The Hall–Kier alpha value is -1.83.